The summed E-state index contributed by atoms with van der Waals surface area (Å²) >= 11 is 3.29. The Bertz CT molecular complexity index is 750. The number of carbonyl (C=O) groups is 1. The van der Waals surface area contributed by atoms with E-state index in [2.05, 4.69) is 26.2 Å². The molecule has 1 heterocycles. The molecule has 0 atom stereocenters. The number of rotatable bonds is 5. The van der Waals surface area contributed by atoms with E-state index >= 15 is 0 Å². The molecule has 0 fully saturated rings. The summed E-state index contributed by atoms with van der Waals surface area (Å²) in [5, 5.41) is 2.79. The van der Waals surface area contributed by atoms with Crippen molar-refractivity contribution in [1.29, 1.82) is 0 Å². The predicted octanol–water partition coefficient (Wildman–Crippen LogP) is 2.19. The monoisotopic (exact) mass is 382 g/mol. The first-order valence-electron chi connectivity index (χ1n) is 6.55. The first kappa shape index (κ1) is 16.6. The average Bonchev–Trinajstić information content (AvgIpc) is 2.45. The number of benzene rings is 1. The lowest BCUT2D eigenvalue weighted by Gasteiger charge is -2.07. The summed E-state index contributed by atoms with van der Waals surface area (Å²) in [6.45, 7) is 2.26. The van der Waals surface area contributed by atoms with E-state index in [-0.39, 0.29) is 11.7 Å². The summed E-state index contributed by atoms with van der Waals surface area (Å²) in [4.78, 5) is 16.3. The third-order valence-corrected chi connectivity index (χ3v) is 4.04. The van der Waals surface area contributed by atoms with Gasteiger partial charge in [0, 0.05) is 28.5 Å². The van der Waals surface area contributed by atoms with E-state index in [1.807, 2.05) is 19.1 Å². The molecule has 0 saturated carbocycles. The molecule has 0 aliphatic carbocycles. The molecule has 7 heteroatoms. The number of pyridine rings is 1. The molecule has 0 spiro atoms. The fraction of sp³-hybridized carbons (Fsp3) is 0.200. The minimum absolute atomic E-state index is 0.0864. The average molecular weight is 383 g/mol. The second-order valence-corrected chi connectivity index (χ2v) is 6.73. The molecular formula is C15H15BrN2O3S. The third kappa shape index (κ3) is 4.92. The Morgan fingerprint density at radius 2 is 2.00 bits per heavy atom. The van der Waals surface area contributed by atoms with Gasteiger partial charge >= 0.3 is 0 Å². The number of thiol groups is 1. The van der Waals surface area contributed by atoms with Gasteiger partial charge < -0.3 is 5.32 Å². The van der Waals surface area contributed by atoms with Crippen LogP contribution in [0.25, 0.3) is 0 Å². The molecule has 0 saturated heterocycles. The molecular weight excluding hydrogens is 368 g/mol. The zero-order valence-electron chi connectivity index (χ0n) is 11.9. The first-order chi connectivity index (χ1) is 10.4. The van der Waals surface area contributed by atoms with E-state index in [0.29, 0.717) is 22.1 Å². The Morgan fingerprint density at radius 3 is 2.64 bits per heavy atom. The van der Waals surface area contributed by atoms with Gasteiger partial charge in [0.05, 0.1) is 5.75 Å². The Morgan fingerprint density at radius 1 is 1.23 bits per heavy atom. The zero-order valence-corrected chi connectivity index (χ0v) is 14.4. The number of aryl methyl sites for hydroxylation is 1. The van der Waals surface area contributed by atoms with E-state index < -0.39 is 10.7 Å². The van der Waals surface area contributed by atoms with E-state index in [1.54, 1.807) is 24.4 Å². The highest BCUT2D eigenvalue weighted by Gasteiger charge is 2.09. The van der Waals surface area contributed by atoms with Gasteiger partial charge in [0.15, 0.2) is 0 Å². The quantitative estimate of drug-likeness (QED) is 0.777. The van der Waals surface area contributed by atoms with Crippen molar-refractivity contribution in [3.63, 3.8) is 0 Å². The number of amides is 1. The minimum atomic E-state index is -2.53. The molecule has 0 aliphatic rings. The highest BCUT2D eigenvalue weighted by atomic mass is 79.9. The van der Waals surface area contributed by atoms with Crippen molar-refractivity contribution in [3.8, 4) is 0 Å². The standard InChI is InChI=1S/C15H15BrN2O3S/c1-10-2-3-11(7-17-10)8-18-15(19)13-4-12(9-22(20)21)5-14(16)6-13/h2-7,22H,8-9H2,1H3,(H,18,19). The zero-order chi connectivity index (χ0) is 16.1. The van der Waals surface area contributed by atoms with Gasteiger partial charge in [-0.2, -0.15) is 0 Å². The van der Waals surface area contributed by atoms with Crippen molar-refractivity contribution in [3.05, 3.63) is 63.4 Å². The van der Waals surface area contributed by atoms with Crippen LogP contribution in [0.15, 0.2) is 41.0 Å². The number of carbonyl (C=O) groups excluding carboxylic acids is 1. The predicted molar refractivity (Wildman–Crippen MR) is 88.3 cm³/mol. The van der Waals surface area contributed by atoms with Crippen LogP contribution in [0.4, 0.5) is 0 Å². The molecule has 0 unspecified atom stereocenters. The van der Waals surface area contributed by atoms with Crippen LogP contribution < -0.4 is 5.32 Å². The van der Waals surface area contributed by atoms with Crippen LogP contribution in [0.1, 0.15) is 27.2 Å². The topological polar surface area (TPSA) is 76.1 Å². The Hall–Kier alpha value is -1.73. The summed E-state index contributed by atoms with van der Waals surface area (Å²) in [5.41, 5.74) is 2.81. The van der Waals surface area contributed by atoms with Crippen LogP contribution in [0.2, 0.25) is 0 Å². The Kier molecular flexibility index (Phi) is 5.68. The van der Waals surface area contributed by atoms with Gasteiger partial charge in [0.2, 0.25) is 0 Å². The van der Waals surface area contributed by atoms with E-state index in [9.17, 15) is 13.2 Å². The van der Waals surface area contributed by atoms with Crippen LogP contribution in [-0.4, -0.2) is 19.3 Å². The van der Waals surface area contributed by atoms with Gasteiger partial charge in [-0.1, -0.05) is 22.0 Å². The highest BCUT2D eigenvalue weighted by molar-refractivity contribution is 9.10. The van der Waals surface area contributed by atoms with Crippen LogP contribution in [0, 0.1) is 6.92 Å². The van der Waals surface area contributed by atoms with Crippen molar-refractivity contribution >= 4 is 32.5 Å². The molecule has 2 aromatic rings. The second-order valence-electron chi connectivity index (χ2n) is 4.83. The summed E-state index contributed by atoms with van der Waals surface area (Å²) in [6, 6.07) is 8.70. The van der Waals surface area contributed by atoms with Gasteiger partial charge in [-0.15, -0.1) is 0 Å². The van der Waals surface area contributed by atoms with Crippen LogP contribution in [0.5, 0.6) is 0 Å². The molecule has 1 N–H and O–H groups in total. The highest BCUT2D eigenvalue weighted by Crippen LogP contribution is 2.17. The van der Waals surface area contributed by atoms with Crippen molar-refractivity contribution in [2.24, 2.45) is 0 Å². The van der Waals surface area contributed by atoms with Crippen LogP contribution in [0.3, 0.4) is 0 Å². The van der Waals surface area contributed by atoms with Gasteiger partial charge in [-0.05, 0) is 42.3 Å². The van der Waals surface area contributed by atoms with Crippen molar-refractivity contribution in [1.82, 2.24) is 10.3 Å². The van der Waals surface area contributed by atoms with Gasteiger partial charge in [-0.3, -0.25) is 9.78 Å². The molecule has 0 bridgehead atoms. The molecule has 5 nitrogen and oxygen atoms in total. The van der Waals surface area contributed by atoms with Crippen molar-refractivity contribution in [2.75, 3.05) is 0 Å². The maximum absolute atomic E-state index is 12.2. The number of nitrogens with zero attached hydrogens (tertiary/aromatic N) is 1. The lowest BCUT2D eigenvalue weighted by Crippen LogP contribution is -2.23. The molecule has 1 aromatic carbocycles. The lowest BCUT2D eigenvalue weighted by atomic mass is 10.1. The maximum atomic E-state index is 12.2. The van der Waals surface area contributed by atoms with E-state index in [0.717, 1.165) is 11.3 Å². The number of nitrogens with one attached hydrogen (secondary N) is 1. The molecule has 1 amide bonds. The van der Waals surface area contributed by atoms with Crippen LogP contribution >= 0.6 is 15.9 Å². The molecule has 0 aliphatic heterocycles. The SMILES string of the molecule is Cc1ccc(CNC(=O)c2cc(Br)cc(C[SH](=O)=O)c2)cn1. The van der Waals surface area contributed by atoms with Crippen LogP contribution in [-0.2, 0) is 23.0 Å². The number of hydrogen-bond donors (Lipinski definition) is 2. The number of halogens is 1. The van der Waals surface area contributed by atoms with Gasteiger partial charge in [-0.25, -0.2) is 8.42 Å². The Balaban J connectivity index is 2.08. The smallest absolute Gasteiger partial charge is 0.251 e. The fourth-order valence-electron chi connectivity index (χ4n) is 1.91. The van der Waals surface area contributed by atoms with E-state index in [1.165, 1.54) is 0 Å². The number of aromatic nitrogens is 1. The fourth-order valence-corrected chi connectivity index (χ4v) is 2.93. The molecule has 116 valence electrons. The van der Waals surface area contributed by atoms with Gasteiger partial charge in [0.25, 0.3) is 5.91 Å². The summed E-state index contributed by atoms with van der Waals surface area (Å²) in [7, 11) is -2.53. The second kappa shape index (κ2) is 7.51. The Labute approximate surface area is 138 Å². The normalized spacial score (nSPS) is 10.7. The van der Waals surface area contributed by atoms with Crippen molar-refractivity contribution in [2.45, 2.75) is 19.2 Å². The number of hydrogen-bond acceptors (Lipinski definition) is 4. The minimum Gasteiger partial charge on any atom is -0.348 e. The maximum Gasteiger partial charge on any atom is 0.251 e. The summed E-state index contributed by atoms with van der Waals surface area (Å²) in [6.07, 6.45) is 1.71. The molecule has 2 rings (SSSR count). The third-order valence-electron chi connectivity index (χ3n) is 2.96. The molecule has 0 radical (unpaired) electrons. The van der Waals surface area contributed by atoms with Gasteiger partial charge in [0.1, 0.15) is 10.7 Å². The summed E-state index contributed by atoms with van der Waals surface area (Å²) < 4.78 is 22.3. The molecule has 22 heavy (non-hydrogen) atoms. The largest absolute Gasteiger partial charge is 0.348 e. The molecule has 1 aromatic heterocycles. The van der Waals surface area contributed by atoms with Crippen molar-refractivity contribution < 1.29 is 13.2 Å². The first-order valence-corrected chi connectivity index (χ1v) is 8.70. The lowest BCUT2D eigenvalue weighted by molar-refractivity contribution is 0.0950. The van der Waals surface area contributed by atoms with E-state index in [4.69, 9.17) is 0 Å². The summed E-state index contributed by atoms with van der Waals surface area (Å²) in [5.74, 6) is -0.346.